The molecular weight excluding hydrogens is 263 g/mol. The van der Waals surface area contributed by atoms with Crippen LogP contribution in [0.3, 0.4) is 0 Å². The number of nitrogens with zero attached hydrogens (tertiary/aromatic N) is 1. The summed E-state index contributed by atoms with van der Waals surface area (Å²) in [6.07, 6.45) is 4.19. The number of pyridine rings is 1. The average molecular weight is 279 g/mol. The average Bonchev–Trinajstić information content (AvgIpc) is 2.84. The van der Waals surface area contributed by atoms with Gasteiger partial charge >= 0.3 is 0 Å². The van der Waals surface area contributed by atoms with Crippen LogP contribution in [0.1, 0.15) is 31.0 Å². The molecule has 0 fully saturated rings. The summed E-state index contributed by atoms with van der Waals surface area (Å²) in [7, 11) is 0. The van der Waals surface area contributed by atoms with Crippen molar-refractivity contribution in [3.05, 3.63) is 34.2 Å². The lowest BCUT2D eigenvalue weighted by Gasteiger charge is -2.14. The van der Waals surface area contributed by atoms with Crippen molar-refractivity contribution in [2.45, 2.75) is 32.6 Å². The minimum absolute atomic E-state index is 0.159. The smallest absolute Gasteiger partial charge is 0.143 e. The fraction of sp³-hybridized carbons (Fsp3) is 0.400. The molecule has 1 heterocycles. The third-order valence-corrected chi connectivity index (χ3v) is 3.90. The Hall–Kier alpha value is -1.35. The van der Waals surface area contributed by atoms with E-state index in [0.29, 0.717) is 5.52 Å². The van der Waals surface area contributed by atoms with E-state index in [9.17, 15) is 4.39 Å². The van der Waals surface area contributed by atoms with Crippen LogP contribution in [0.4, 0.5) is 10.1 Å². The number of halogens is 2. The number of fused-ring (bicyclic) bond motifs is 2. The predicted molar refractivity (Wildman–Crippen MR) is 77.5 cm³/mol. The van der Waals surface area contributed by atoms with Crippen molar-refractivity contribution in [1.82, 2.24) is 4.98 Å². The van der Waals surface area contributed by atoms with Crippen molar-refractivity contribution < 1.29 is 4.39 Å². The molecule has 0 aliphatic heterocycles. The molecule has 4 heteroatoms. The van der Waals surface area contributed by atoms with E-state index in [0.717, 1.165) is 49.0 Å². The third-order valence-electron chi connectivity index (χ3n) is 3.61. The van der Waals surface area contributed by atoms with E-state index in [4.69, 9.17) is 11.6 Å². The predicted octanol–water partition coefficient (Wildman–Crippen LogP) is 4.34. The summed E-state index contributed by atoms with van der Waals surface area (Å²) in [5.41, 5.74) is 4.18. The molecule has 1 N–H and O–H groups in total. The van der Waals surface area contributed by atoms with Gasteiger partial charge in [0, 0.05) is 29.4 Å². The molecule has 0 spiro atoms. The van der Waals surface area contributed by atoms with Crippen LogP contribution in [0.5, 0.6) is 0 Å². The molecule has 0 saturated carbocycles. The Morgan fingerprint density at radius 1 is 1.37 bits per heavy atom. The lowest BCUT2D eigenvalue weighted by atomic mass is 10.1. The van der Waals surface area contributed by atoms with Crippen molar-refractivity contribution in [2.75, 3.05) is 11.9 Å². The van der Waals surface area contributed by atoms with Gasteiger partial charge in [-0.15, -0.1) is 0 Å². The van der Waals surface area contributed by atoms with Crippen LogP contribution < -0.4 is 5.32 Å². The lowest BCUT2D eigenvalue weighted by Crippen LogP contribution is -2.05. The number of anilines is 1. The minimum Gasteiger partial charge on any atom is -0.384 e. The minimum atomic E-state index is -0.402. The zero-order valence-electron chi connectivity index (χ0n) is 10.9. The van der Waals surface area contributed by atoms with E-state index in [2.05, 4.69) is 17.2 Å². The summed E-state index contributed by atoms with van der Waals surface area (Å²) in [6, 6.07) is 3.13. The van der Waals surface area contributed by atoms with Gasteiger partial charge in [-0.05, 0) is 37.3 Å². The fourth-order valence-electron chi connectivity index (χ4n) is 2.71. The van der Waals surface area contributed by atoms with Gasteiger partial charge in [0.2, 0.25) is 0 Å². The lowest BCUT2D eigenvalue weighted by molar-refractivity contribution is 0.630. The van der Waals surface area contributed by atoms with Crippen molar-refractivity contribution in [1.29, 1.82) is 0 Å². The number of nitrogens with one attached hydrogen (secondary N) is 1. The maximum Gasteiger partial charge on any atom is 0.143 e. The maximum absolute atomic E-state index is 13.6. The molecule has 1 aromatic heterocycles. The van der Waals surface area contributed by atoms with Crippen molar-refractivity contribution in [3.8, 4) is 0 Å². The van der Waals surface area contributed by atoms with Crippen LogP contribution in [-0.2, 0) is 12.8 Å². The number of benzene rings is 1. The standard InChI is InChI=1S/C15H16ClFN2/c1-2-6-18-15-9-4-3-5-13(9)19-14-8-12(17)11(16)7-10(14)15/h7-8H,2-6H2,1H3,(H,18,19). The first kappa shape index (κ1) is 12.7. The molecule has 0 bridgehead atoms. The summed E-state index contributed by atoms with van der Waals surface area (Å²) >= 11 is 5.91. The highest BCUT2D eigenvalue weighted by atomic mass is 35.5. The van der Waals surface area contributed by atoms with Crippen LogP contribution in [0.2, 0.25) is 5.02 Å². The number of rotatable bonds is 3. The molecule has 0 amide bonds. The van der Waals surface area contributed by atoms with E-state index in [1.54, 1.807) is 6.07 Å². The molecule has 100 valence electrons. The molecule has 1 aromatic carbocycles. The second-order valence-electron chi connectivity index (χ2n) is 4.98. The SMILES string of the molecule is CCCNc1c2c(nc3cc(F)c(Cl)cc13)CCC2. The third kappa shape index (κ3) is 2.16. The highest BCUT2D eigenvalue weighted by Gasteiger charge is 2.20. The highest BCUT2D eigenvalue weighted by Crippen LogP contribution is 2.35. The Kier molecular flexibility index (Phi) is 3.31. The molecule has 0 unspecified atom stereocenters. The van der Waals surface area contributed by atoms with Crippen LogP contribution in [0.15, 0.2) is 12.1 Å². The Morgan fingerprint density at radius 3 is 3.00 bits per heavy atom. The quantitative estimate of drug-likeness (QED) is 0.903. The van der Waals surface area contributed by atoms with Crippen LogP contribution >= 0.6 is 11.6 Å². The van der Waals surface area contributed by atoms with E-state index < -0.39 is 5.82 Å². The fourth-order valence-corrected chi connectivity index (χ4v) is 2.87. The molecular formula is C15H16ClFN2. The van der Waals surface area contributed by atoms with Crippen LogP contribution in [-0.4, -0.2) is 11.5 Å². The highest BCUT2D eigenvalue weighted by molar-refractivity contribution is 6.31. The van der Waals surface area contributed by atoms with Gasteiger partial charge in [-0.1, -0.05) is 18.5 Å². The topological polar surface area (TPSA) is 24.9 Å². The monoisotopic (exact) mass is 278 g/mol. The van der Waals surface area contributed by atoms with Crippen molar-refractivity contribution in [3.63, 3.8) is 0 Å². The van der Waals surface area contributed by atoms with Gasteiger partial charge in [0.15, 0.2) is 0 Å². The number of aromatic nitrogens is 1. The summed E-state index contributed by atoms with van der Waals surface area (Å²) in [4.78, 5) is 4.59. The van der Waals surface area contributed by atoms with E-state index in [1.807, 2.05) is 0 Å². The van der Waals surface area contributed by atoms with E-state index >= 15 is 0 Å². The van der Waals surface area contributed by atoms with Gasteiger partial charge in [0.1, 0.15) is 5.82 Å². The number of aryl methyl sites for hydroxylation is 1. The van der Waals surface area contributed by atoms with Crippen LogP contribution in [0.25, 0.3) is 10.9 Å². The number of hydrogen-bond donors (Lipinski definition) is 1. The summed E-state index contributed by atoms with van der Waals surface area (Å²) < 4.78 is 13.6. The Bertz CT molecular complexity index is 640. The normalized spacial score (nSPS) is 13.8. The maximum atomic E-state index is 13.6. The molecule has 2 nitrogen and oxygen atoms in total. The van der Waals surface area contributed by atoms with Gasteiger partial charge in [-0.25, -0.2) is 4.39 Å². The largest absolute Gasteiger partial charge is 0.384 e. The first-order valence-corrected chi connectivity index (χ1v) is 7.13. The molecule has 0 saturated heterocycles. The van der Waals surface area contributed by atoms with Crippen molar-refractivity contribution in [2.24, 2.45) is 0 Å². The van der Waals surface area contributed by atoms with E-state index in [-0.39, 0.29) is 5.02 Å². The van der Waals surface area contributed by atoms with Gasteiger partial charge in [-0.2, -0.15) is 0 Å². The molecule has 19 heavy (non-hydrogen) atoms. The summed E-state index contributed by atoms with van der Waals surface area (Å²) in [6.45, 7) is 3.03. The first-order valence-electron chi connectivity index (χ1n) is 6.75. The zero-order chi connectivity index (χ0) is 13.4. The zero-order valence-corrected chi connectivity index (χ0v) is 11.6. The molecule has 0 atom stereocenters. The Balaban J connectivity index is 2.25. The van der Waals surface area contributed by atoms with Gasteiger partial charge in [0.25, 0.3) is 0 Å². The van der Waals surface area contributed by atoms with Gasteiger partial charge in [-0.3, -0.25) is 4.98 Å². The summed E-state index contributed by atoms with van der Waals surface area (Å²) in [5, 5.41) is 4.55. The Labute approximate surface area is 117 Å². The molecule has 0 radical (unpaired) electrons. The molecule has 2 aromatic rings. The molecule has 1 aliphatic carbocycles. The molecule has 1 aliphatic rings. The van der Waals surface area contributed by atoms with Gasteiger partial charge < -0.3 is 5.32 Å². The van der Waals surface area contributed by atoms with Crippen molar-refractivity contribution >= 4 is 28.2 Å². The first-order chi connectivity index (χ1) is 9.20. The second kappa shape index (κ2) is 4.97. The number of hydrogen-bond acceptors (Lipinski definition) is 2. The molecule has 3 rings (SSSR count). The van der Waals surface area contributed by atoms with Crippen LogP contribution in [0, 0.1) is 5.82 Å². The van der Waals surface area contributed by atoms with Gasteiger partial charge in [0.05, 0.1) is 10.5 Å². The Morgan fingerprint density at radius 2 is 2.21 bits per heavy atom. The summed E-state index contributed by atoms with van der Waals surface area (Å²) in [5.74, 6) is -0.402. The second-order valence-corrected chi connectivity index (χ2v) is 5.38. The van der Waals surface area contributed by atoms with E-state index in [1.165, 1.54) is 11.6 Å².